The zero-order chi connectivity index (χ0) is 25.5. The van der Waals surface area contributed by atoms with Gasteiger partial charge in [0, 0.05) is 19.2 Å². The highest BCUT2D eigenvalue weighted by molar-refractivity contribution is 7.89. The summed E-state index contributed by atoms with van der Waals surface area (Å²) in [7, 11) is -2.06. The van der Waals surface area contributed by atoms with Gasteiger partial charge in [-0.3, -0.25) is 4.79 Å². The summed E-state index contributed by atoms with van der Waals surface area (Å²) in [5.74, 6) is -0.348. The van der Waals surface area contributed by atoms with E-state index in [4.69, 9.17) is 0 Å². The van der Waals surface area contributed by atoms with Gasteiger partial charge in [0.2, 0.25) is 10.0 Å². The molecule has 0 aliphatic rings. The number of aryl methyl sites for hydroxylation is 1. The van der Waals surface area contributed by atoms with Gasteiger partial charge in [0.1, 0.15) is 0 Å². The highest BCUT2D eigenvalue weighted by Crippen LogP contribution is 2.19. The van der Waals surface area contributed by atoms with Crippen LogP contribution in [0.4, 0.5) is 0 Å². The quantitative estimate of drug-likeness (QED) is 0.267. The van der Waals surface area contributed by atoms with Gasteiger partial charge in [-0.25, -0.2) is 13.8 Å². The molecular weight excluding hydrogens is 470 g/mol. The van der Waals surface area contributed by atoms with Crippen molar-refractivity contribution in [1.82, 2.24) is 9.73 Å². The number of amides is 1. The van der Waals surface area contributed by atoms with E-state index in [0.717, 1.165) is 27.8 Å². The van der Waals surface area contributed by atoms with Gasteiger partial charge < -0.3 is 0 Å². The van der Waals surface area contributed by atoms with Crippen LogP contribution in [0.3, 0.4) is 0 Å². The van der Waals surface area contributed by atoms with Gasteiger partial charge in [0.25, 0.3) is 5.91 Å². The molecule has 36 heavy (non-hydrogen) atoms. The summed E-state index contributed by atoms with van der Waals surface area (Å²) in [6.45, 7) is 2.10. The molecular formula is C29H27N3O3S. The molecule has 0 radical (unpaired) electrons. The zero-order valence-electron chi connectivity index (χ0n) is 20.1. The van der Waals surface area contributed by atoms with E-state index in [1.807, 2.05) is 49.4 Å². The van der Waals surface area contributed by atoms with Crippen molar-refractivity contribution >= 4 is 22.1 Å². The molecule has 0 aliphatic heterocycles. The van der Waals surface area contributed by atoms with E-state index in [1.165, 1.54) is 11.4 Å². The highest BCUT2D eigenvalue weighted by Gasteiger charge is 2.20. The predicted molar refractivity (Wildman–Crippen MR) is 143 cm³/mol. The first-order chi connectivity index (χ1) is 17.3. The van der Waals surface area contributed by atoms with Crippen molar-refractivity contribution in [3.05, 3.63) is 125 Å². The molecule has 182 valence electrons. The molecule has 0 unspecified atom stereocenters. The highest BCUT2D eigenvalue weighted by atomic mass is 32.2. The second kappa shape index (κ2) is 11.1. The maximum absolute atomic E-state index is 12.8. The average molecular weight is 498 g/mol. The maximum atomic E-state index is 12.8. The lowest BCUT2D eigenvalue weighted by Gasteiger charge is -2.17. The standard InChI is InChI=1S/C29H27N3O3S/c1-22-8-18-28(19-9-22)36(34,35)32(2)21-24-12-16-27(17-13-24)29(33)31-30-20-23-10-14-26(15-11-23)25-6-4-3-5-7-25/h3-20H,21H2,1-2H3,(H,31,33). The Morgan fingerprint density at radius 1 is 0.833 bits per heavy atom. The molecule has 0 heterocycles. The van der Waals surface area contributed by atoms with Gasteiger partial charge in [-0.15, -0.1) is 0 Å². The molecule has 0 fully saturated rings. The van der Waals surface area contributed by atoms with Crippen molar-refractivity contribution in [1.29, 1.82) is 0 Å². The first-order valence-corrected chi connectivity index (χ1v) is 12.9. The molecule has 0 saturated carbocycles. The van der Waals surface area contributed by atoms with Crippen molar-refractivity contribution in [3.63, 3.8) is 0 Å². The minimum Gasteiger partial charge on any atom is -0.267 e. The molecule has 0 spiro atoms. The third kappa shape index (κ3) is 6.13. The molecule has 4 aromatic carbocycles. The minimum absolute atomic E-state index is 0.190. The number of sulfonamides is 1. The summed E-state index contributed by atoms with van der Waals surface area (Å²) in [5.41, 5.74) is 7.83. The van der Waals surface area contributed by atoms with Crippen LogP contribution in [0.1, 0.15) is 27.0 Å². The molecule has 0 aliphatic carbocycles. The van der Waals surface area contributed by atoms with E-state index in [-0.39, 0.29) is 17.3 Å². The summed E-state index contributed by atoms with van der Waals surface area (Å²) in [5, 5.41) is 4.05. The van der Waals surface area contributed by atoms with Crippen LogP contribution in [0.2, 0.25) is 0 Å². The summed E-state index contributed by atoms with van der Waals surface area (Å²) >= 11 is 0. The topological polar surface area (TPSA) is 78.8 Å². The van der Waals surface area contributed by atoms with Crippen molar-refractivity contribution in [2.24, 2.45) is 5.10 Å². The fourth-order valence-electron chi connectivity index (χ4n) is 3.62. The van der Waals surface area contributed by atoms with E-state index in [9.17, 15) is 13.2 Å². The molecule has 0 aromatic heterocycles. The van der Waals surface area contributed by atoms with Crippen LogP contribution < -0.4 is 5.43 Å². The predicted octanol–water partition coefficient (Wildman–Crippen LogP) is 5.25. The van der Waals surface area contributed by atoms with Crippen molar-refractivity contribution in [2.45, 2.75) is 18.4 Å². The van der Waals surface area contributed by atoms with Crippen molar-refractivity contribution in [2.75, 3.05) is 7.05 Å². The molecule has 0 saturated heterocycles. The van der Waals surface area contributed by atoms with E-state index in [2.05, 4.69) is 22.7 Å². The Morgan fingerprint density at radius 2 is 1.44 bits per heavy atom. The summed E-state index contributed by atoms with van der Waals surface area (Å²) < 4.78 is 26.9. The third-order valence-electron chi connectivity index (χ3n) is 5.75. The summed E-state index contributed by atoms with van der Waals surface area (Å²) in [6.07, 6.45) is 1.59. The second-order valence-corrected chi connectivity index (χ2v) is 10.5. The van der Waals surface area contributed by atoms with Crippen molar-refractivity contribution in [3.8, 4) is 11.1 Å². The number of nitrogens with zero attached hydrogens (tertiary/aromatic N) is 2. The van der Waals surface area contributed by atoms with E-state index in [1.54, 1.807) is 54.7 Å². The van der Waals surface area contributed by atoms with E-state index >= 15 is 0 Å². The van der Waals surface area contributed by atoms with E-state index < -0.39 is 10.0 Å². The molecule has 0 bridgehead atoms. The SMILES string of the molecule is Cc1ccc(S(=O)(=O)N(C)Cc2ccc(C(=O)NN=Cc3ccc(-c4ccccc4)cc3)cc2)cc1. The van der Waals surface area contributed by atoms with Crippen LogP contribution in [0.5, 0.6) is 0 Å². The van der Waals surface area contributed by atoms with E-state index in [0.29, 0.717) is 5.56 Å². The fraction of sp³-hybridized carbons (Fsp3) is 0.103. The van der Waals surface area contributed by atoms with Gasteiger partial charge in [0.15, 0.2) is 0 Å². The largest absolute Gasteiger partial charge is 0.271 e. The number of carbonyl (C=O) groups is 1. The lowest BCUT2D eigenvalue weighted by atomic mass is 10.0. The van der Waals surface area contributed by atoms with Gasteiger partial charge in [-0.2, -0.15) is 9.41 Å². The van der Waals surface area contributed by atoms with Gasteiger partial charge in [-0.1, -0.05) is 84.4 Å². The first kappa shape index (κ1) is 25.0. The molecule has 6 nitrogen and oxygen atoms in total. The Labute approximate surface area is 212 Å². The Morgan fingerprint density at radius 3 is 2.08 bits per heavy atom. The Balaban J connectivity index is 1.33. The van der Waals surface area contributed by atoms with Crippen LogP contribution >= 0.6 is 0 Å². The van der Waals surface area contributed by atoms with Crippen LogP contribution in [0.15, 0.2) is 113 Å². The van der Waals surface area contributed by atoms with Crippen LogP contribution in [0.25, 0.3) is 11.1 Å². The Kier molecular flexibility index (Phi) is 7.73. The number of benzene rings is 4. The molecule has 4 aromatic rings. The van der Waals surface area contributed by atoms with Gasteiger partial charge in [-0.05, 0) is 53.4 Å². The normalized spacial score (nSPS) is 11.6. The molecule has 4 rings (SSSR count). The lowest BCUT2D eigenvalue weighted by Crippen LogP contribution is -2.26. The lowest BCUT2D eigenvalue weighted by molar-refractivity contribution is 0.0955. The first-order valence-electron chi connectivity index (χ1n) is 11.4. The number of carbonyl (C=O) groups excluding carboxylic acids is 1. The molecule has 1 amide bonds. The minimum atomic E-state index is -3.60. The van der Waals surface area contributed by atoms with Gasteiger partial charge >= 0.3 is 0 Å². The van der Waals surface area contributed by atoms with Crippen molar-refractivity contribution < 1.29 is 13.2 Å². The average Bonchev–Trinajstić information content (AvgIpc) is 2.90. The second-order valence-electron chi connectivity index (χ2n) is 8.46. The number of nitrogens with one attached hydrogen (secondary N) is 1. The molecule has 0 atom stereocenters. The van der Waals surface area contributed by atoms with Crippen LogP contribution in [-0.2, 0) is 16.6 Å². The summed E-state index contributed by atoms with van der Waals surface area (Å²) in [4.78, 5) is 12.7. The number of hydrogen-bond donors (Lipinski definition) is 1. The fourth-order valence-corrected chi connectivity index (χ4v) is 4.77. The monoisotopic (exact) mass is 497 g/mol. The smallest absolute Gasteiger partial charge is 0.267 e. The molecule has 1 N–H and O–H groups in total. The Bertz CT molecular complexity index is 1450. The number of hydrogen-bond acceptors (Lipinski definition) is 4. The number of rotatable bonds is 8. The van der Waals surface area contributed by atoms with Crippen LogP contribution in [-0.4, -0.2) is 31.9 Å². The third-order valence-corrected chi connectivity index (χ3v) is 7.57. The molecule has 7 heteroatoms. The maximum Gasteiger partial charge on any atom is 0.271 e. The Hall–Kier alpha value is -4.07. The van der Waals surface area contributed by atoms with Gasteiger partial charge in [0.05, 0.1) is 11.1 Å². The van der Waals surface area contributed by atoms with Crippen LogP contribution in [0, 0.1) is 6.92 Å². The zero-order valence-corrected chi connectivity index (χ0v) is 20.9. The number of hydrazone groups is 1. The summed E-state index contributed by atoms with van der Waals surface area (Å²) in [6, 6.07) is 31.5.